The van der Waals surface area contributed by atoms with Gasteiger partial charge in [-0.2, -0.15) is 4.89 Å². The average molecular weight is 390 g/mol. The van der Waals surface area contributed by atoms with Crippen LogP contribution >= 0.6 is 0 Å². The maximum atomic E-state index is 12.8. The van der Waals surface area contributed by atoms with Crippen molar-refractivity contribution < 1.29 is 29.2 Å². The van der Waals surface area contributed by atoms with Crippen molar-refractivity contribution in [1.82, 2.24) is 0 Å². The maximum absolute atomic E-state index is 12.8. The molecule has 0 aliphatic heterocycles. The molecule has 0 saturated heterocycles. The average Bonchev–Trinajstić information content (AvgIpc) is 2.76. The van der Waals surface area contributed by atoms with Crippen LogP contribution in [-0.4, -0.2) is 23.6 Å². The SMILES string of the molecule is Cc1ccccc1OC(=O)COC1(OO)c2ccccc2C(=O)c2ccccc21. The van der Waals surface area contributed by atoms with Crippen molar-refractivity contribution in [3.05, 3.63) is 101 Å². The van der Waals surface area contributed by atoms with E-state index in [1.54, 1.807) is 60.7 Å². The second-order valence-electron chi connectivity index (χ2n) is 6.66. The first-order valence-electron chi connectivity index (χ1n) is 9.03. The number of carbonyl (C=O) groups excluding carboxylic acids is 2. The molecule has 146 valence electrons. The van der Waals surface area contributed by atoms with E-state index in [4.69, 9.17) is 14.4 Å². The summed E-state index contributed by atoms with van der Waals surface area (Å²) in [4.78, 5) is 30.1. The summed E-state index contributed by atoms with van der Waals surface area (Å²) in [6.45, 7) is 1.31. The Morgan fingerprint density at radius 3 is 2.03 bits per heavy atom. The number of ketones is 1. The molecule has 1 N–H and O–H groups in total. The highest BCUT2D eigenvalue weighted by Crippen LogP contribution is 2.43. The fourth-order valence-electron chi connectivity index (χ4n) is 3.49. The van der Waals surface area contributed by atoms with E-state index in [0.29, 0.717) is 28.0 Å². The number of para-hydroxylation sites is 1. The number of hydrogen-bond acceptors (Lipinski definition) is 6. The standard InChI is InChI=1S/C23H18O6/c1-15-8-2-7-13-20(15)28-21(24)14-27-23(29-26)18-11-5-3-9-16(18)22(25)17-10-4-6-12-19(17)23/h2-13,26H,14H2,1H3. The maximum Gasteiger partial charge on any atom is 0.337 e. The number of benzene rings is 3. The molecule has 0 aromatic heterocycles. The van der Waals surface area contributed by atoms with Gasteiger partial charge in [0.15, 0.2) is 5.78 Å². The molecule has 0 amide bonds. The van der Waals surface area contributed by atoms with Crippen LogP contribution in [0.25, 0.3) is 0 Å². The molecule has 0 bridgehead atoms. The van der Waals surface area contributed by atoms with E-state index in [0.717, 1.165) is 5.56 Å². The summed E-state index contributed by atoms with van der Waals surface area (Å²) in [5.74, 6) is -2.29. The molecule has 0 unspecified atom stereocenters. The molecule has 1 aliphatic carbocycles. The molecular formula is C23H18O6. The van der Waals surface area contributed by atoms with Gasteiger partial charge in [-0.3, -0.25) is 4.79 Å². The van der Waals surface area contributed by atoms with E-state index in [-0.39, 0.29) is 5.78 Å². The number of carbonyl (C=O) groups is 2. The fourth-order valence-corrected chi connectivity index (χ4v) is 3.49. The van der Waals surface area contributed by atoms with Gasteiger partial charge in [-0.25, -0.2) is 10.1 Å². The molecular weight excluding hydrogens is 372 g/mol. The lowest BCUT2D eigenvalue weighted by Gasteiger charge is -2.36. The minimum Gasteiger partial charge on any atom is -0.425 e. The third kappa shape index (κ3) is 3.23. The van der Waals surface area contributed by atoms with Gasteiger partial charge < -0.3 is 9.47 Å². The monoisotopic (exact) mass is 390 g/mol. The number of aryl methyl sites for hydroxylation is 1. The van der Waals surface area contributed by atoms with Crippen LogP contribution in [0.2, 0.25) is 0 Å². The van der Waals surface area contributed by atoms with Crippen LogP contribution in [0.1, 0.15) is 32.6 Å². The molecule has 4 rings (SSSR count). The topological polar surface area (TPSA) is 82.1 Å². The Balaban J connectivity index is 1.68. The fraction of sp³-hybridized carbons (Fsp3) is 0.130. The molecule has 0 saturated carbocycles. The lowest BCUT2D eigenvalue weighted by atomic mass is 9.80. The van der Waals surface area contributed by atoms with Crippen LogP contribution in [0.15, 0.2) is 72.8 Å². The summed E-state index contributed by atoms with van der Waals surface area (Å²) in [6, 6.07) is 20.4. The second kappa shape index (κ2) is 7.60. The Morgan fingerprint density at radius 2 is 1.45 bits per heavy atom. The largest absolute Gasteiger partial charge is 0.425 e. The van der Waals surface area contributed by atoms with Crippen LogP contribution in [0, 0.1) is 6.92 Å². The van der Waals surface area contributed by atoms with Gasteiger partial charge in [0.25, 0.3) is 5.79 Å². The summed E-state index contributed by atoms with van der Waals surface area (Å²) >= 11 is 0. The Hall–Kier alpha value is -3.32. The normalized spacial score (nSPS) is 14.1. The van der Waals surface area contributed by atoms with E-state index in [9.17, 15) is 14.8 Å². The summed E-state index contributed by atoms with van der Waals surface area (Å²) in [5.41, 5.74) is 2.08. The molecule has 0 spiro atoms. The van der Waals surface area contributed by atoms with Crippen LogP contribution in [0.4, 0.5) is 0 Å². The highest BCUT2D eigenvalue weighted by molar-refractivity contribution is 6.12. The number of rotatable bonds is 5. The molecule has 3 aromatic carbocycles. The molecule has 0 heterocycles. The predicted molar refractivity (Wildman–Crippen MR) is 104 cm³/mol. The van der Waals surface area contributed by atoms with Crippen LogP contribution in [-0.2, 0) is 20.2 Å². The second-order valence-corrected chi connectivity index (χ2v) is 6.66. The van der Waals surface area contributed by atoms with Crippen molar-refractivity contribution in [2.24, 2.45) is 0 Å². The molecule has 29 heavy (non-hydrogen) atoms. The number of ether oxygens (including phenoxy) is 2. The number of esters is 1. The van der Waals surface area contributed by atoms with Crippen LogP contribution in [0.3, 0.4) is 0 Å². The zero-order chi connectivity index (χ0) is 20.4. The Kier molecular flexibility index (Phi) is 4.98. The zero-order valence-corrected chi connectivity index (χ0v) is 15.6. The van der Waals surface area contributed by atoms with Crippen LogP contribution in [0.5, 0.6) is 5.75 Å². The summed E-state index contributed by atoms with van der Waals surface area (Å²) < 4.78 is 11.2. The third-order valence-electron chi connectivity index (χ3n) is 4.89. The van der Waals surface area contributed by atoms with Gasteiger partial charge in [0.1, 0.15) is 12.4 Å². The van der Waals surface area contributed by atoms with Gasteiger partial charge in [0.05, 0.1) is 0 Å². The molecule has 3 aromatic rings. The van der Waals surface area contributed by atoms with E-state index in [1.165, 1.54) is 0 Å². The Bertz CT molecular complexity index is 1040. The number of hydrogen-bond donors (Lipinski definition) is 1. The van der Waals surface area contributed by atoms with Crippen molar-refractivity contribution >= 4 is 11.8 Å². The van der Waals surface area contributed by atoms with Gasteiger partial charge in [-0.1, -0.05) is 66.7 Å². The van der Waals surface area contributed by atoms with Crippen molar-refractivity contribution in [1.29, 1.82) is 0 Å². The van der Waals surface area contributed by atoms with Gasteiger partial charge in [-0.15, -0.1) is 0 Å². The number of fused-ring (bicyclic) bond motifs is 2. The molecule has 0 atom stereocenters. The van der Waals surface area contributed by atoms with E-state index in [2.05, 4.69) is 0 Å². The van der Waals surface area contributed by atoms with Crippen molar-refractivity contribution in [2.45, 2.75) is 12.7 Å². The quantitative estimate of drug-likeness (QED) is 0.234. The summed E-state index contributed by atoms with van der Waals surface area (Å²) in [7, 11) is 0. The summed E-state index contributed by atoms with van der Waals surface area (Å²) in [5, 5.41) is 9.88. The van der Waals surface area contributed by atoms with Gasteiger partial charge >= 0.3 is 5.97 Å². The molecule has 0 radical (unpaired) electrons. The molecule has 6 nitrogen and oxygen atoms in total. The minimum atomic E-state index is -1.83. The third-order valence-corrected chi connectivity index (χ3v) is 4.89. The van der Waals surface area contributed by atoms with E-state index >= 15 is 0 Å². The first kappa shape index (κ1) is 19.0. The highest BCUT2D eigenvalue weighted by Gasteiger charge is 2.47. The highest BCUT2D eigenvalue weighted by atomic mass is 17.1. The van der Waals surface area contributed by atoms with Crippen molar-refractivity contribution in [3.63, 3.8) is 0 Å². The van der Waals surface area contributed by atoms with Gasteiger partial charge in [-0.05, 0) is 18.6 Å². The zero-order valence-electron chi connectivity index (χ0n) is 15.6. The first-order valence-corrected chi connectivity index (χ1v) is 9.03. The summed E-state index contributed by atoms with van der Waals surface area (Å²) in [6.07, 6.45) is 0. The van der Waals surface area contributed by atoms with Crippen molar-refractivity contribution in [3.8, 4) is 5.75 Å². The van der Waals surface area contributed by atoms with E-state index < -0.39 is 18.4 Å². The molecule has 6 heteroatoms. The minimum absolute atomic E-state index is 0.213. The van der Waals surface area contributed by atoms with E-state index in [1.807, 2.05) is 19.1 Å². The predicted octanol–water partition coefficient (Wildman–Crippen LogP) is 3.85. The smallest absolute Gasteiger partial charge is 0.337 e. The first-order chi connectivity index (χ1) is 14.1. The van der Waals surface area contributed by atoms with Gasteiger partial charge in [0, 0.05) is 22.3 Å². The molecule has 1 aliphatic rings. The van der Waals surface area contributed by atoms with Crippen LogP contribution < -0.4 is 4.74 Å². The Morgan fingerprint density at radius 1 is 0.897 bits per heavy atom. The lowest BCUT2D eigenvalue weighted by Crippen LogP contribution is -2.41. The Labute approximate surface area is 167 Å². The molecule has 0 fully saturated rings. The van der Waals surface area contributed by atoms with Gasteiger partial charge in [0.2, 0.25) is 0 Å². The van der Waals surface area contributed by atoms with Crippen molar-refractivity contribution in [2.75, 3.05) is 6.61 Å². The lowest BCUT2D eigenvalue weighted by molar-refractivity contribution is -0.394.